The van der Waals surface area contributed by atoms with Crippen LogP contribution in [0.5, 0.6) is 0 Å². The van der Waals surface area contributed by atoms with Gasteiger partial charge in [-0.1, -0.05) is 30.3 Å². The molecule has 3 atom stereocenters. The third kappa shape index (κ3) is 4.55. The van der Waals surface area contributed by atoms with Gasteiger partial charge in [-0.05, 0) is 45.2 Å². The lowest BCUT2D eigenvalue weighted by molar-refractivity contribution is -0.131. The molecule has 0 bridgehead atoms. The van der Waals surface area contributed by atoms with E-state index in [0.717, 1.165) is 31.5 Å². The lowest BCUT2D eigenvalue weighted by Gasteiger charge is -2.33. The molecule has 1 aliphatic rings. The van der Waals surface area contributed by atoms with Crippen LogP contribution in [0.25, 0.3) is 0 Å². The van der Waals surface area contributed by atoms with Gasteiger partial charge in [0.2, 0.25) is 5.91 Å². The van der Waals surface area contributed by atoms with E-state index < -0.39 is 0 Å². The van der Waals surface area contributed by atoms with E-state index in [1.807, 2.05) is 25.1 Å². The van der Waals surface area contributed by atoms with Gasteiger partial charge in [0.05, 0.1) is 11.5 Å². The highest BCUT2D eigenvalue weighted by Crippen LogP contribution is 2.26. The number of carbonyl (C=O) groups is 1. The van der Waals surface area contributed by atoms with Crippen LogP contribution in [0.4, 0.5) is 0 Å². The summed E-state index contributed by atoms with van der Waals surface area (Å²) in [5, 5.41) is 16.1. The van der Waals surface area contributed by atoms with Crippen molar-refractivity contribution < 1.29 is 9.90 Å². The molecule has 1 saturated heterocycles. The normalized spacial score (nSPS) is 24.5. The van der Waals surface area contributed by atoms with Crippen molar-refractivity contribution in [1.82, 2.24) is 10.6 Å². The number of aliphatic hydroxyl groups is 1. The molecular weight excluding hydrogens is 276 g/mol. The average molecular weight is 304 g/mol. The quantitative estimate of drug-likeness (QED) is 0.754. The van der Waals surface area contributed by atoms with Crippen molar-refractivity contribution >= 4 is 5.91 Å². The fraction of sp³-hybridized carbons (Fsp3) is 0.611. The lowest BCUT2D eigenvalue weighted by atomic mass is 9.81. The molecule has 22 heavy (non-hydrogen) atoms. The first-order chi connectivity index (χ1) is 10.5. The number of benzene rings is 1. The van der Waals surface area contributed by atoms with Gasteiger partial charge < -0.3 is 15.7 Å². The van der Waals surface area contributed by atoms with E-state index >= 15 is 0 Å². The molecule has 4 nitrogen and oxygen atoms in total. The molecule has 1 aromatic carbocycles. The summed E-state index contributed by atoms with van der Waals surface area (Å²) in [4.78, 5) is 12.5. The molecule has 122 valence electrons. The van der Waals surface area contributed by atoms with Gasteiger partial charge in [0.15, 0.2) is 0 Å². The molecule has 1 fully saturated rings. The standard InChI is InChI=1S/C18H28N2O2/c1-14(21)11-16(15-7-4-3-5-8-15)12-20-17(22)18(2)9-6-10-19-13-18/h3-5,7-8,14,16,19,21H,6,9-13H2,1-2H3,(H,20,22). The zero-order valence-corrected chi connectivity index (χ0v) is 13.6. The maximum atomic E-state index is 12.5. The smallest absolute Gasteiger partial charge is 0.227 e. The first-order valence-corrected chi connectivity index (χ1v) is 8.23. The first kappa shape index (κ1) is 17.0. The van der Waals surface area contributed by atoms with Crippen molar-refractivity contribution in [3.05, 3.63) is 35.9 Å². The Balaban J connectivity index is 1.97. The molecule has 0 aromatic heterocycles. The SMILES string of the molecule is CC(O)CC(CNC(=O)C1(C)CCCNC1)c1ccccc1. The number of rotatable bonds is 6. The molecule has 3 N–H and O–H groups in total. The maximum Gasteiger partial charge on any atom is 0.227 e. The summed E-state index contributed by atoms with van der Waals surface area (Å²) >= 11 is 0. The first-order valence-electron chi connectivity index (χ1n) is 8.23. The molecule has 1 heterocycles. The highest BCUT2D eigenvalue weighted by atomic mass is 16.3. The largest absolute Gasteiger partial charge is 0.393 e. The van der Waals surface area contributed by atoms with Gasteiger partial charge in [0.25, 0.3) is 0 Å². The number of piperidine rings is 1. The number of hydrogen-bond donors (Lipinski definition) is 3. The van der Waals surface area contributed by atoms with E-state index in [-0.39, 0.29) is 23.3 Å². The zero-order valence-electron chi connectivity index (χ0n) is 13.6. The zero-order chi connectivity index (χ0) is 16.0. The molecule has 0 saturated carbocycles. The predicted molar refractivity (Wildman–Crippen MR) is 88.7 cm³/mol. The Morgan fingerprint density at radius 1 is 1.41 bits per heavy atom. The van der Waals surface area contributed by atoms with Gasteiger partial charge in [-0.3, -0.25) is 4.79 Å². The van der Waals surface area contributed by atoms with Crippen molar-refractivity contribution in [2.45, 2.75) is 45.1 Å². The number of carbonyl (C=O) groups excluding carboxylic acids is 1. The van der Waals surface area contributed by atoms with Crippen molar-refractivity contribution in [2.75, 3.05) is 19.6 Å². The Bertz CT molecular complexity index is 467. The highest BCUT2D eigenvalue weighted by Gasteiger charge is 2.34. The number of amides is 1. The van der Waals surface area contributed by atoms with E-state index in [0.29, 0.717) is 13.0 Å². The summed E-state index contributed by atoms with van der Waals surface area (Å²) < 4.78 is 0. The molecule has 1 aliphatic heterocycles. The van der Waals surface area contributed by atoms with Crippen LogP contribution >= 0.6 is 0 Å². The minimum atomic E-state index is -0.381. The minimum absolute atomic E-state index is 0.117. The van der Waals surface area contributed by atoms with Gasteiger partial charge in [-0.25, -0.2) is 0 Å². The second-order valence-electron chi connectivity index (χ2n) is 6.74. The third-order valence-electron chi connectivity index (χ3n) is 4.55. The molecule has 1 aromatic rings. The molecule has 0 radical (unpaired) electrons. The molecule has 2 rings (SSSR count). The van der Waals surface area contributed by atoms with Crippen LogP contribution in [-0.2, 0) is 4.79 Å². The molecule has 0 spiro atoms. The fourth-order valence-corrected chi connectivity index (χ4v) is 3.15. The van der Waals surface area contributed by atoms with Crippen LogP contribution in [0.2, 0.25) is 0 Å². The Labute approximate surface area is 133 Å². The number of nitrogens with one attached hydrogen (secondary N) is 2. The Morgan fingerprint density at radius 3 is 2.73 bits per heavy atom. The van der Waals surface area contributed by atoms with Gasteiger partial charge in [-0.2, -0.15) is 0 Å². The molecule has 4 heteroatoms. The minimum Gasteiger partial charge on any atom is -0.393 e. The van der Waals surface area contributed by atoms with E-state index in [4.69, 9.17) is 0 Å². The van der Waals surface area contributed by atoms with Gasteiger partial charge in [0.1, 0.15) is 0 Å². The van der Waals surface area contributed by atoms with Gasteiger partial charge >= 0.3 is 0 Å². The van der Waals surface area contributed by atoms with Gasteiger partial charge in [-0.15, -0.1) is 0 Å². The molecule has 3 unspecified atom stereocenters. The third-order valence-corrected chi connectivity index (χ3v) is 4.55. The van der Waals surface area contributed by atoms with E-state index in [2.05, 4.69) is 22.8 Å². The van der Waals surface area contributed by atoms with Crippen LogP contribution in [0, 0.1) is 5.41 Å². The van der Waals surface area contributed by atoms with Crippen LogP contribution in [0.3, 0.4) is 0 Å². The summed E-state index contributed by atoms with van der Waals surface area (Å²) in [6.45, 7) is 6.14. The Hall–Kier alpha value is -1.39. The van der Waals surface area contributed by atoms with Crippen LogP contribution in [0.15, 0.2) is 30.3 Å². The molecular formula is C18H28N2O2. The highest BCUT2D eigenvalue weighted by molar-refractivity contribution is 5.82. The summed E-state index contributed by atoms with van der Waals surface area (Å²) in [6.07, 6.45) is 2.24. The van der Waals surface area contributed by atoms with Crippen LogP contribution in [0.1, 0.15) is 44.6 Å². The maximum absolute atomic E-state index is 12.5. The monoisotopic (exact) mass is 304 g/mol. The van der Waals surface area contributed by atoms with E-state index in [1.54, 1.807) is 6.92 Å². The second-order valence-corrected chi connectivity index (χ2v) is 6.74. The fourth-order valence-electron chi connectivity index (χ4n) is 3.15. The molecule has 1 amide bonds. The topological polar surface area (TPSA) is 61.4 Å². The molecule has 0 aliphatic carbocycles. The van der Waals surface area contributed by atoms with Gasteiger partial charge in [0, 0.05) is 19.0 Å². The summed E-state index contributed by atoms with van der Waals surface area (Å²) in [6, 6.07) is 10.1. The number of aliphatic hydroxyl groups excluding tert-OH is 1. The van der Waals surface area contributed by atoms with Crippen molar-refractivity contribution in [3.8, 4) is 0 Å². The Morgan fingerprint density at radius 2 is 2.14 bits per heavy atom. The second kappa shape index (κ2) is 7.75. The average Bonchev–Trinajstić information content (AvgIpc) is 2.52. The summed E-state index contributed by atoms with van der Waals surface area (Å²) in [5.41, 5.74) is 0.847. The van der Waals surface area contributed by atoms with Crippen LogP contribution in [-0.4, -0.2) is 36.8 Å². The van der Waals surface area contributed by atoms with Crippen molar-refractivity contribution in [2.24, 2.45) is 5.41 Å². The van der Waals surface area contributed by atoms with E-state index in [1.165, 1.54) is 0 Å². The van der Waals surface area contributed by atoms with E-state index in [9.17, 15) is 9.90 Å². The summed E-state index contributed by atoms with van der Waals surface area (Å²) in [7, 11) is 0. The Kier molecular flexibility index (Phi) is 5.98. The van der Waals surface area contributed by atoms with Crippen LogP contribution < -0.4 is 10.6 Å². The van der Waals surface area contributed by atoms with Crippen molar-refractivity contribution in [3.63, 3.8) is 0 Å². The predicted octanol–water partition coefficient (Wildman–Crippen LogP) is 2.05. The lowest BCUT2D eigenvalue weighted by Crippen LogP contribution is -2.49. The summed E-state index contributed by atoms with van der Waals surface area (Å²) in [5.74, 6) is 0.261. The van der Waals surface area contributed by atoms with Crippen molar-refractivity contribution in [1.29, 1.82) is 0 Å². The number of hydrogen-bond acceptors (Lipinski definition) is 3.